The second-order valence-corrected chi connectivity index (χ2v) is 5.83. The number of rotatable bonds is 10. The van der Waals surface area contributed by atoms with Gasteiger partial charge in [-0.05, 0) is 74.9 Å². The highest BCUT2D eigenvalue weighted by molar-refractivity contribution is 5.36. The monoisotopic (exact) mass is 277 g/mol. The first-order valence-electron chi connectivity index (χ1n) is 8.09. The molecule has 0 heterocycles. The fourth-order valence-electron chi connectivity index (χ4n) is 2.41. The van der Waals surface area contributed by atoms with Gasteiger partial charge in [0.05, 0.1) is 6.61 Å². The molecule has 20 heavy (non-hydrogen) atoms. The van der Waals surface area contributed by atoms with Crippen LogP contribution in [-0.2, 0) is 0 Å². The quantitative estimate of drug-likeness (QED) is 0.628. The summed E-state index contributed by atoms with van der Waals surface area (Å²) in [5.74, 6) is 1.59. The average Bonchev–Trinajstić information content (AvgIpc) is 2.41. The number of nitrogens with one attached hydrogen (secondary N) is 1. The van der Waals surface area contributed by atoms with Gasteiger partial charge in [0.2, 0.25) is 0 Å². The van der Waals surface area contributed by atoms with E-state index < -0.39 is 0 Å². The highest BCUT2D eigenvalue weighted by Crippen LogP contribution is 2.23. The second kappa shape index (κ2) is 9.82. The summed E-state index contributed by atoms with van der Waals surface area (Å²) < 4.78 is 5.83. The lowest BCUT2D eigenvalue weighted by Crippen LogP contribution is -2.15. The largest absolute Gasteiger partial charge is 0.494 e. The van der Waals surface area contributed by atoms with Crippen LogP contribution < -0.4 is 10.1 Å². The summed E-state index contributed by atoms with van der Waals surface area (Å²) in [4.78, 5) is 0. The molecule has 0 fully saturated rings. The molecule has 0 aliphatic heterocycles. The summed E-state index contributed by atoms with van der Waals surface area (Å²) in [6.07, 6.45) is 4.84. The average molecular weight is 277 g/mol. The molecule has 0 radical (unpaired) electrons. The molecule has 0 unspecified atom stereocenters. The van der Waals surface area contributed by atoms with Crippen LogP contribution in [0.4, 0.5) is 0 Å². The molecule has 1 rings (SSSR count). The molecule has 0 spiro atoms. The molecule has 0 saturated carbocycles. The predicted octanol–water partition coefficient (Wildman–Crippen LogP) is 4.67. The Morgan fingerprint density at radius 3 is 2.55 bits per heavy atom. The number of hydrogen-bond acceptors (Lipinski definition) is 2. The lowest BCUT2D eigenvalue weighted by Gasteiger charge is -2.12. The van der Waals surface area contributed by atoms with Crippen molar-refractivity contribution in [3.63, 3.8) is 0 Å². The van der Waals surface area contributed by atoms with Crippen LogP contribution in [-0.4, -0.2) is 19.7 Å². The zero-order valence-electron chi connectivity index (χ0n) is 13.7. The summed E-state index contributed by atoms with van der Waals surface area (Å²) in [5, 5.41) is 3.43. The first-order chi connectivity index (χ1) is 9.65. The van der Waals surface area contributed by atoms with Gasteiger partial charge in [-0.1, -0.05) is 26.8 Å². The summed E-state index contributed by atoms with van der Waals surface area (Å²) in [6.45, 7) is 11.9. The van der Waals surface area contributed by atoms with Gasteiger partial charge in [0.25, 0.3) is 0 Å². The van der Waals surface area contributed by atoms with Crippen molar-refractivity contribution in [2.45, 2.75) is 59.3 Å². The van der Waals surface area contributed by atoms with Crippen molar-refractivity contribution < 1.29 is 4.74 Å². The fraction of sp³-hybridized carbons (Fsp3) is 0.667. The van der Waals surface area contributed by atoms with Gasteiger partial charge in [-0.3, -0.25) is 0 Å². The van der Waals surface area contributed by atoms with Crippen LogP contribution in [0.15, 0.2) is 18.2 Å². The van der Waals surface area contributed by atoms with E-state index in [9.17, 15) is 0 Å². The van der Waals surface area contributed by atoms with E-state index in [0.29, 0.717) is 5.92 Å². The third kappa shape index (κ3) is 6.42. The van der Waals surface area contributed by atoms with Gasteiger partial charge in [-0.15, -0.1) is 0 Å². The van der Waals surface area contributed by atoms with Crippen molar-refractivity contribution in [3.8, 4) is 5.75 Å². The summed E-state index contributed by atoms with van der Waals surface area (Å²) in [6, 6.07) is 6.47. The van der Waals surface area contributed by atoms with Crippen molar-refractivity contribution in [3.05, 3.63) is 29.3 Å². The van der Waals surface area contributed by atoms with Crippen molar-refractivity contribution in [2.24, 2.45) is 0 Å². The Hall–Kier alpha value is -1.02. The standard InChI is InChI=1S/C18H31NO/c1-5-11-19-12-7-6-8-13-20-17-9-10-18(15(2)3)16(4)14-17/h9-10,14-15,19H,5-8,11-13H2,1-4H3. The zero-order valence-corrected chi connectivity index (χ0v) is 13.7. The maximum Gasteiger partial charge on any atom is 0.119 e. The van der Waals surface area contributed by atoms with E-state index in [1.165, 1.54) is 30.4 Å². The van der Waals surface area contributed by atoms with Crippen LogP contribution >= 0.6 is 0 Å². The number of benzene rings is 1. The molecule has 1 aromatic carbocycles. The van der Waals surface area contributed by atoms with Gasteiger partial charge < -0.3 is 10.1 Å². The van der Waals surface area contributed by atoms with Crippen LogP contribution in [0.25, 0.3) is 0 Å². The van der Waals surface area contributed by atoms with Gasteiger partial charge in [0, 0.05) is 0 Å². The molecule has 0 bridgehead atoms. The molecule has 2 heteroatoms. The molecule has 0 atom stereocenters. The summed E-state index contributed by atoms with van der Waals surface area (Å²) >= 11 is 0. The van der Waals surface area contributed by atoms with Crippen molar-refractivity contribution in [2.75, 3.05) is 19.7 Å². The summed E-state index contributed by atoms with van der Waals surface area (Å²) in [7, 11) is 0. The van der Waals surface area contributed by atoms with Gasteiger partial charge >= 0.3 is 0 Å². The highest BCUT2D eigenvalue weighted by Gasteiger charge is 2.04. The smallest absolute Gasteiger partial charge is 0.119 e. The Morgan fingerprint density at radius 1 is 1.10 bits per heavy atom. The van der Waals surface area contributed by atoms with Gasteiger partial charge in [-0.25, -0.2) is 0 Å². The van der Waals surface area contributed by atoms with E-state index in [4.69, 9.17) is 4.74 Å². The van der Waals surface area contributed by atoms with Crippen LogP contribution in [0, 0.1) is 6.92 Å². The predicted molar refractivity (Wildman–Crippen MR) is 87.8 cm³/mol. The third-order valence-corrected chi connectivity index (χ3v) is 3.56. The minimum absolute atomic E-state index is 0.583. The topological polar surface area (TPSA) is 21.3 Å². The molecule has 2 nitrogen and oxygen atoms in total. The van der Waals surface area contributed by atoms with Crippen LogP contribution in [0.2, 0.25) is 0 Å². The van der Waals surface area contributed by atoms with Crippen LogP contribution in [0.5, 0.6) is 5.75 Å². The molecule has 0 aromatic heterocycles. The molecule has 0 saturated heterocycles. The van der Waals surface area contributed by atoms with Crippen molar-refractivity contribution >= 4 is 0 Å². The fourth-order valence-corrected chi connectivity index (χ4v) is 2.41. The lowest BCUT2D eigenvalue weighted by molar-refractivity contribution is 0.304. The van der Waals surface area contributed by atoms with Crippen molar-refractivity contribution in [1.82, 2.24) is 5.32 Å². The first-order valence-corrected chi connectivity index (χ1v) is 8.09. The molecule has 0 amide bonds. The Balaban J connectivity index is 2.18. The first kappa shape index (κ1) is 17.0. The molecule has 114 valence electrons. The molecule has 1 N–H and O–H groups in total. The van der Waals surface area contributed by atoms with E-state index in [0.717, 1.165) is 31.9 Å². The SMILES string of the molecule is CCCNCCCCCOc1ccc(C(C)C)c(C)c1. The molecule has 0 aliphatic rings. The number of aryl methyl sites for hydroxylation is 1. The Labute approximate surface area is 124 Å². The minimum atomic E-state index is 0.583. The highest BCUT2D eigenvalue weighted by atomic mass is 16.5. The van der Waals surface area contributed by atoms with Crippen molar-refractivity contribution in [1.29, 1.82) is 0 Å². The minimum Gasteiger partial charge on any atom is -0.494 e. The van der Waals surface area contributed by atoms with E-state index in [1.807, 2.05) is 0 Å². The van der Waals surface area contributed by atoms with E-state index in [-0.39, 0.29) is 0 Å². The normalized spacial score (nSPS) is 11.1. The molecular weight excluding hydrogens is 246 g/mol. The van der Waals surface area contributed by atoms with Gasteiger partial charge in [-0.2, -0.15) is 0 Å². The number of hydrogen-bond donors (Lipinski definition) is 1. The van der Waals surface area contributed by atoms with E-state index in [1.54, 1.807) is 0 Å². The van der Waals surface area contributed by atoms with E-state index in [2.05, 4.69) is 51.2 Å². The number of unbranched alkanes of at least 4 members (excludes halogenated alkanes) is 2. The number of ether oxygens (including phenoxy) is 1. The summed E-state index contributed by atoms with van der Waals surface area (Å²) in [5.41, 5.74) is 2.75. The van der Waals surface area contributed by atoms with E-state index >= 15 is 0 Å². The van der Waals surface area contributed by atoms with Gasteiger partial charge in [0.1, 0.15) is 5.75 Å². The Kier molecular flexibility index (Phi) is 8.36. The third-order valence-electron chi connectivity index (χ3n) is 3.56. The van der Waals surface area contributed by atoms with Crippen LogP contribution in [0.1, 0.15) is 63.5 Å². The molecule has 0 aliphatic carbocycles. The maximum absolute atomic E-state index is 5.83. The lowest BCUT2D eigenvalue weighted by atomic mass is 9.98. The molecular formula is C18H31NO. The Bertz CT molecular complexity index is 374. The van der Waals surface area contributed by atoms with Gasteiger partial charge in [0.15, 0.2) is 0 Å². The zero-order chi connectivity index (χ0) is 14.8. The Morgan fingerprint density at radius 2 is 1.90 bits per heavy atom. The maximum atomic E-state index is 5.83. The molecule has 1 aromatic rings. The second-order valence-electron chi connectivity index (χ2n) is 5.83. The van der Waals surface area contributed by atoms with Crippen LogP contribution in [0.3, 0.4) is 0 Å².